The maximum Gasteiger partial charge on any atom is 0.255 e. The predicted octanol–water partition coefficient (Wildman–Crippen LogP) is 4.63. The largest absolute Gasteiger partial charge is 0.381 e. The van der Waals surface area contributed by atoms with Gasteiger partial charge in [-0.05, 0) is 79.4 Å². The van der Waals surface area contributed by atoms with Gasteiger partial charge in [-0.2, -0.15) is 0 Å². The molecule has 5 rings (SSSR count). The van der Waals surface area contributed by atoms with Gasteiger partial charge >= 0.3 is 0 Å². The van der Waals surface area contributed by atoms with Gasteiger partial charge in [-0.25, -0.2) is 0 Å². The molecule has 38 heavy (non-hydrogen) atoms. The minimum Gasteiger partial charge on any atom is -0.381 e. The molecular formula is C31H40N4O3. The first kappa shape index (κ1) is 26.4. The van der Waals surface area contributed by atoms with Crippen LogP contribution in [-0.4, -0.2) is 46.7 Å². The number of rotatable bonds is 6. The molecule has 2 aromatic carbocycles. The topological polar surface area (TPSA) is 81.8 Å². The normalized spacial score (nSPS) is 21.0. The van der Waals surface area contributed by atoms with E-state index < -0.39 is 6.04 Å². The van der Waals surface area contributed by atoms with Crippen LogP contribution in [0, 0.1) is 18.3 Å². The van der Waals surface area contributed by atoms with Gasteiger partial charge in [0.05, 0.1) is 0 Å². The van der Waals surface area contributed by atoms with E-state index in [-0.39, 0.29) is 24.1 Å². The number of benzene rings is 2. The highest BCUT2D eigenvalue weighted by molar-refractivity contribution is 6.06. The number of hydrogen-bond acceptors (Lipinski definition) is 5. The Morgan fingerprint density at radius 2 is 1.79 bits per heavy atom. The number of carbonyl (C=O) groups is 3. The summed E-state index contributed by atoms with van der Waals surface area (Å²) in [6, 6.07) is 11.8. The monoisotopic (exact) mass is 516 g/mol. The Hall–Kier alpha value is -3.19. The van der Waals surface area contributed by atoms with Crippen molar-refractivity contribution in [3.8, 4) is 0 Å². The van der Waals surface area contributed by atoms with Gasteiger partial charge in [0.2, 0.25) is 11.8 Å². The number of aryl methyl sites for hydroxylation is 1. The molecule has 7 heteroatoms. The van der Waals surface area contributed by atoms with Crippen molar-refractivity contribution in [2.45, 2.75) is 79.1 Å². The van der Waals surface area contributed by atoms with Crippen molar-refractivity contribution in [2.75, 3.05) is 18.4 Å². The number of fused-ring (bicyclic) bond motifs is 1. The van der Waals surface area contributed by atoms with Crippen molar-refractivity contribution >= 4 is 23.4 Å². The molecule has 3 aliphatic rings. The number of piperidine rings is 2. The second kappa shape index (κ2) is 10.5. The third-order valence-electron chi connectivity index (χ3n) is 8.68. The molecule has 3 amide bonds. The Labute approximate surface area is 226 Å². The highest BCUT2D eigenvalue weighted by atomic mass is 16.2. The van der Waals surface area contributed by atoms with Crippen LogP contribution < -0.4 is 10.6 Å². The fourth-order valence-electron chi connectivity index (χ4n) is 6.21. The van der Waals surface area contributed by atoms with E-state index in [0.29, 0.717) is 30.5 Å². The molecule has 1 atom stereocenters. The van der Waals surface area contributed by atoms with E-state index in [4.69, 9.17) is 0 Å². The fourth-order valence-corrected chi connectivity index (χ4v) is 6.21. The summed E-state index contributed by atoms with van der Waals surface area (Å²) in [4.78, 5) is 41.2. The van der Waals surface area contributed by atoms with Crippen LogP contribution in [0.15, 0.2) is 36.4 Å². The van der Waals surface area contributed by atoms with E-state index in [1.807, 2.05) is 18.2 Å². The summed E-state index contributed by atoms with van der Waals surface area (Å²) in [5.74, 6) is 0.000410. The first-order valence-corrected chi connectivity index (χ1v) is 13.9. The Balaban J connectivity index is 1.21. The van der Waals surface area contributed by atoms with Gasteiger partial charge in [0.1, 0.15) is 6.04 Å². The summed E-state index contributed by atoms with van der Waals surface area (Å²) >= 11 is 0. The van der Waals surface area contributed by atoms with Crippen LogP contribution in [0.25, 0.3) is 0 Å². The van der Waals surface area contributed by atoms with Crippen molar-refractivity contribution in [1.29, 1.82) is 0 Å². The lowest BCUT2D eigenvalue weighted by Crippen LogP contribution is -2.52. The number of carbonyl (C=O) groups excluding carboxylic acids is 3. The maximum atomic E-state index is 13.1. The lowest BCUT2D eigenvalue weighted by atomic mass is 9.75. The summed E-state index contributed by atoms with van der Waals surface area (Å²) in [6.45, 7) is 13.6. The standard InChI is InChI=1S/C31H40N4O3/c1-20-16-21(18-34-14-12-23(13-15-34)31(2,3)4)8-9-22(20)17-32-26-7-5-6-24-25(26)19-35(30(24)38)27-10-11-28(36)33-29(27)37/h5-9,16,23,27,32H,10-15,17-19H2,1-4H3,(H,33,36,37). The molecule has 0 aromatic heterocycles. The van der Waals surface area contributed by atoms with Gasteiger partial charge in [0, 0.05) is 42.9 Å². The molecule has 1 unspecified atom stereocenters. The molecule has 202 valence electrons. The number of hydrogen-bond donors (Lipinski definition) is 2. The number of nitrogens with zero attached hydrogens (tertiary/aromatic N) is 2. The zero-order chi connectivity index (χ0) is 27.0. The summed E-state index contributed by atoms with van der Waals surface area (Å²) in [5, 5.41) is 5.91. The van der Waals surface area contributed by atoms with Gasteiger partial charge in [0.25, 0.3) is 5.91 Å². The van der Waals surface area contributed by atoms with Crippen LogP contribution >= 0.6 is 0 Å². The van der Waals surface area contributed by atoms with E-state index in [9.17, 15) is 14.4 Å². The second-order valence-electron chi connectivity index (χ2n) is 12.3. The van der Waals surface area contributed by atoms with Crippen LogP contribution in [0.1, 0.15) is 79.1 Å². The van der Waals surface area contributed by atoms with Gasteiger partial charge in [-0.3, -0.25) is 24.6 Å². The van der Waals surface area contributed by atoms with Crippen LogP contribution in [0.5, 0.6) is 0 Å². The number of amides is 3. The number of likely N-dealkylation sites (tertiary alicyclic amines) is 1. The molecule has 7 nitrogen and oxygen atoms in total. The minimum atomic E-state index is -0.602. The van der Waals surface area contributed by atoms with E-state index in [2.05, 4.69) is 61.4 Å². The molecular weight excluding hydrogens is 476 g/mol. The Bertz CT molecular complexity index is 1240. The van der Waals surface area contributed by atoms with Gasteiger partial charge in [-0.15, -0.1) is 0 Å². The van der Waals surface area contributed by atoms with Crippen LogP contribution in [0.4, 0.5) is 5.69 Å². The molecule has 2 aromatic rings. The van der Waals surface area contributed by atoms with E-state index in [0.717, 1.165) is 36.8 Å². The Morgan fingerprint density at radius 3 is 2.47 bits per heavy atom. The fraction of sp³-hybridized carbons (Fsp3) is 0.516. The van der Waals surface area contributed by atoms with Crippen molar-refractivity contribution in [2.24, 2.45) is 11.3 Å². The third-order valence-corrected chi connectivity index (χ3v) is 8.68. The van der Waals surface area contributed by atoms with E-state index in [1.54, 1.807) is 4.90 Å². The molecule has 0 radical (unpaired) electrons. The van der Waals surface area contributed by atoms with Crippen LogP contribution in [0.2, 0.25) is 0 Å². The van der Waals surface area contributed by atoms with Crippen LogP contribution in [-0.2, 0) is 29.2 Å². The molecule has 2 saturated heterocycles. The first-order chi connectivity index (χ1) is 18.1. The van der Waals surface area contributed by atoms with Crippen molar-refractivity contribution in [1.82, 2.24) is 15.1 Å². The maximum absolute atomic E-state index is 13.1. The Morgan fingerprint density at radius 1 is 1.03 bits per heavy atom. The van der Waals surface area contributed by atoms with Gasteiger partial charge < -0.3 is 10.2 Å². The summed E-state index contributed by atoms with van der Waals surface area (Å²) in [6.07, 6.45) is 3.17. The third kappa shape index (κ3) is 5.48. The van der Waals surface area contributed by atoms with Crippen molar-refractivity contribution in [3.05, 3.63) is 64.2 Å². The number of anilines is 1. The zero-order valence-electron chi connectivity index (χ0n) is 23.1. The average Bonchev–Trinajstić information content (AvgIpc) is 3.20. The lowest BCUT2D eigenvalue weighted by molar-refractivity contribution is -0.136. The molecule has 3 heterocycles. The average molecular weight is 517 g/mol. The van der Waals surface area contributed by atoms with E-state index >= 15 is 0 Å². The molecule has 3 aliphatic heterocycles. The molecule has 0 aliphatic carbocycles. The zero-order valence-corrected chi connectivity index (χ0v) is 23.1. The van der Waals surface area contributed by atoms with Crippen LogP contribution in [0.3, 0.4) is 0 Å². The molecule has 2 N–H and O–H groups in total. The molecule has 0 saturated carbocycles. The number of nitrogens with one attached hydrogen (secondary N) is 2. The quantitative estimate of drug-likeness (QED) is 0.548. The van der Waals surface area contributed by atoms with Crippen molar-refractivity contribution < 1.29 is 14.4 Å². The summed E-state index contributed by atoms with van der Waals surface area (Å²) in [5.41, 5.74) is 6.68. The molecule has 2 fully saturated rings. The SMILES string of the molecule is Cc1cc(CN2CCC(C(C)(C)C)CC2)ccc1CNc1cccc2c1CN(C1CCC(=O)NC1=O)C2=O. The first-order valence-electron chi connectivity index (χ1n) is 13.9. The summed E-state index contributed by atoms with van der Waals surface area (Å²) in [7, 11) is 0. The second-order valence-corrected chi connectivity index (χ2v) is 12.3. The highest BCUT2D eigenvalue weighted by Gasteiger charge is 2.39. The smallest absolute Gasteiger partial charge is 0.255 e. The van der Waals surface area contributed by atoms with Gasteiger partial charge in [0.15, 0.2) is 0 Å². The highest BCUT2D eigenvalue weighted by Crippen LogP contribution is 2.35. The Kier molecular flexibility index (Phi) is 7.32. The molecule has 0 spiro atoms. The number of imide groups is 1. The molecule has 0 bridgehead atoms. The van der Waals surface area contributed by atoms with Gasteiger partial charge in [-0.1, -0.05) is 45.0 Å². The predicted molar refractivity (Wildman–Crippen MR) is 148 cm³/mol. The lowest BCUT2D eigenvalue weighted by Gasteiger charge is -2.38. The minimum absolute atomic E-state index is 0.148. The van der Waals surface area contributed by atoms with Crippen molar-refractivity contribution in [3.63, 3.8) is 0 Å². The van der Waals surface area contributed by atoms with E-state index in [1.165, 1.54) is 29.5 Å². The summed E-state index contributed by atoms with van der Waals surface area (Å²) < 4.78 is 0.